The number of aliphatic carboxylic acids is 1. The van der Waals surface area contributed by atoms with Crippen LogP contribution in [0.2, 0.25) is 0 Å². The Balaban J connectivity index is 3.25. The number of rotatable bonds is 4. The predicted molar refractivity (Wildman–Crippen MR) is 51.6 cm³/mol. The van der Waals surface area contributed by atoms with Gasteiger partial charge in [-0.2, -0.15) is 0 Å². The maximum atomic E-state index is 12.6. The summed E-state index contributed by atoms with van der Waals surface area (Å²) in [5.74, 6) is -3.43. The number of hydrogen-bond acceptors (Lipinski definition) is 4. The summed E-state index contributed by atoms with van der Waals surface area (Å²) in [6, 6.07) is 0.492. The monoisotopic (exact) mass is 286 g/mol. The van der Waals surface area contributed by atoms with E-state index in [2.05, 4.69) is 9.72 Å². The molecule has 0 saturated heterocycles. The summed E-state index contributed by atoms with van der Waals surface area (Å²) in [6.07, 6.45) is -9.19. The van der Waals surface area contributed by atoms with Gasteiger partial charge in [0.05, 0.1) is 6.42 Å². The van der Waals surface area contributed by atoms with Crippen LogP contribution in [0, 0.1) is 0 Å². The molecule has 0 bridgehead atoms. The second-order valence-electron chi connectivity index (χ2n) is 3.34. The number of nitrogens with zero attached hydrogens (tertiary/aromatic N) is 1. The van der Waals surface area contributed by atoms with Crippen LogP contribution in [0.5, 0.6) is 5.75 Å². The number of carbonyl (C=O) groups is 1. The molecule has 1 aromatic rings. The van der Waals surface area contributed by atoms with E-state index in [-0.39, 0.29) is 0 Å². The van der Waals surface area contributed by atoms with E-state index >= 15 is 0 Å². The Bertz CT molecular complexity index is 489. The summed E-state index contributed by atoms with van der Waals surface area (Å²) in [4.78, 5) is 13.5. The van der Waals surface area contributed by atoms with E-state index < -0.39 is 48.0 Å². The van der Waals surface area contributed by atoms with Gasteiger partial charge in [-0.15, -0.1) is 13.2 Å². The third kappa shape index (κ3) is 4.23. The van der Waals surface area contributed by atoms with E-state index in [0.29, 0.717) is 6.07 Å². The summed E-state index contributed by atoms with van der Waals surface area (Å²) in [5, 5.41) is 8.50. The van der Waals surface area contributed by atoms with Crippen molar-refractivity contribution in [2.24, 2.45) is 0 Å². The number of carboxylic acids is 1. The quantitative estimate of drug-likeness (QED) is 0.828. The molecular weight excluding hydrogens is 279 g/mol. The van der Waals surface area contributed by atoms with E-state index in [1.54, 1.807) is 0 Å². The molecule has 0 aromatic carbocycles. The van der Waals surface area contributed by atoms with Gasteiger partial charge in [0.1, 0.15) is 5.69 Å². The van der Waals surface area contributed by atoms with Crippen molar-refractivity contribution in [3.05, 3.63) is 17.3 Å². The molecular formula is C9H7F5N2O3. The third-order valence-electron chi connectivity index (χ3n) is 1.90. The number of alkyl halides is 5. The normalized spacial score (nSPS) is 11.7. The number of carboxylic acid groups (broad SMARTS) is 1. The first-order chi connectivity index (χ1) is 8.60. The van der Waals surface area contributed by atoms with Crippen LogP contribution in [0.3, 0.4) is 0 Å². The number of nitrogen functional groups attached to an aromatic ring is 1. The van der Waals surface area contributed by atoms with Crippen LogP contribution in [0.15, 0.2) is 6.07 Å². The topological polar surface area (TPSA) is 85.4 Å². The minimum absolute atomic E-state index is 0.492. The summed E-state index contributed by atoms with van der Waals surface area (Å²) >= 11 is 0. The first-order valence-corrected chi connectivity index (χ1v) is 4.65. The van der Waals surface area contributed by atoms with Crippen LogP contribution in [0.4, 0.5) is 27.8 Å². The summed E-state index contributed by atoms with van der Waals surface area (Å²) in [7, 11) is 0. The highest BCUT2D eigenvalue weighted by Crippen LogP contribution is 2.32. The molecule has 0 aliphatic carbocycles. The average Bonchev–Trinajstić information content (AvgIpc) is 2.19. The number of nitrogens with two attached hydrogens (primary N) is 1. The van der Waals surface area contributed by atoms with Gasteiger partial charge in [0.2, 0.25) is 0 Å². The zero-order chi connectivity index (χ0) is 14.8. The average molecular weight is 286 g/mol. The van der Waals surface area contributed by atoms with E-state index in [9.17, 15) is 26.7 Å². The molecule has 3 N–H and O–H groups in total. The Morgan fingerprint density at radius 2 is 2.05 bits per heavy atom. The molecule has 19 heavy (non-hydrogen) atoms. The summed E-state index contributed by atoms with van der Waals surface area (Å²) in [6.45, 7) is 0. The van der Waals surface area contributed by atoms with E-state index in [1.807, 2.05) is 0 Å². The molecule has 5 nitrogen and oxygen atoms in total. The number of aromatic nitrogens is 1. The van der Waals surface area contributed by atoms with Gasteiger partial charge < -0.3 is 15.6 Å². The number of pyridine rings is 1. The number of ether oxygens (including phenoxy) is 1. The number of halogens is 5. The lowest BCUT2D eigenvalue weighted by Crippen LogP contribution is -2.19. The molecule has 10 heteroatoms. The Kier molecular flexibility index (Phi) is 4.12. The molecule has 1 heterocycles. The molecule has 0 saturated carbocycles. The largest absolute Gasteiger partial charge is 0.573 e. The Hall–Kier alpha value is -2.13. The van der Waals surface area contributed by atoms with Crippen molar-refractivity contribution >= 4 is 11.8 Å². The van der Waals surface area contributed by atoms with Crippen molar-refractivity contribution in [2.45, 2.75) is 19.2 Å². The molecule has 1 rings (SSSR count). The van der Waals surface area contributed by atoms with E-state index in [4.69, 9.17) is 10.8 Å². The number of anilines is 1. The standard InChI is InChI=1S/C9H7F5N2O3/c10-7(11)6-3(2-5(17)18)1-4(8(15)16-6)19-9(12,13)14/h1,7H,2H2,(H2,15,16)(H,17,18). The van der Waals surface area contributed by atoms with Crippen molar-refractivity contribution in [3.63, 3.8) is 0 Å². The summed E-state index contributed by atoms with van der Waals surface area (Å²) in [5.41, 5.74) is 3.46. The molecule has 0 aliphatic heterocycles. The van der Waals surface area contributed by atoms with Crippen molar-refractivity contribution in [3.8, 4) is 5.75 Å². The maximum Gasteiger partial charge on any atom is 0.573 e. The van der Waals surface area contributed by atoms with Crippen LogP contribution in [-0.2, 0) is 11.2 Å². The minimum Gasteiger partial charge on any atom is -0.481 e. The van der Waals surface area contributed by atoms with Crippen molar-refractivity contribution < 1.29 is 36.6 Å². The third-order valence-corrected chi connectivity index (χ3v) is 1.90. The fraction of sp³-hybridized carbons (Fsp3) is 0.333. The molecule has 0 atom stereocenters. The van der Waals surface area contributed by atoms with Crippen LogP contribution in [0.1, 0.15) is 17.7 Å². The van der Waals surface area contributed by atoms with Crippen molar-refractivity contribution in [1.82, 2.24) is 4.98 Å². The lowest BCUT2D eigenvalue weighted by molar-refractivity contribution is -0.274. The fourth-order valence-electron chi connectivity index (χ4n) is 1.26. The first-order valence-electron chi connectivity index (χ1n) is 4.65. The minimum atomic E-state index is -5.09. The second kappa shape index (κ2) is 5.24. The van der Waals surface area contributed by atoms with Crippen LogP contribution in [0.25, 0.3) is 0 Å². The van der Waals surface area contributed by atoms with Crippen LogP contribution in [-0.4, -0.2) is 22.4 Å². The highest BCUT2D eigenvalue weighted by Gasteiger charge is 2.33. The van der Waals surface area contributed by atoms with Crippen molar-refractivity contribution in [1.29, 1.82) is 0 Å². The maximum absolute atomic E-state index is 12.6. The number of hydrogen-bond donors (Lipinski definition) is 2. The second-order valence-corrected chi connectivity index (χ2v) is 3.34. The van der Waals surface area contributed by atoms with Crippen LogP contribution < -0.4 is 10.5 Å². The molecule has 0 aliphatic rings. The molecule has 0 fully saturated rings. The Labute approximate surface area is 102 Å². The Morgan fingerprint density at radius 3 is 2.47 bits per heavy atom. The lowest BCUT2D eigenvalue weighted by atomic mass is 10.1. The fourth-order valence-corrected chi connectivity index (χ4v) is 1.26. The van der Waals surface area contributed by atoms with Gasteiger partial charge in [-0.3, -0.25) is 4.79 Å². The zero-order valence-corrected chi connectivity index (χ0v) is 9.04. The van der Waals surface area contributed by atoms with Gasteiger partial charge in [-0.1, -0.05) is 0 Å². The smallest absolute Gasteiger partial charge is 0.481 e. The molecule has 0 radical (unpaired) electrons. The molecule has 0 amide bonds. The molecule has 1 aromatic heterocycles. The molecule has 0 spiro atoms. The first kappa shape index (κ1) is 14.9. The van der Waals surface area contributed by atoms with E-state index in [1.165, 1.54) is 0 Å². The van der Waals surface area contributed by atoms with E-state index in [0.717, 1.165) is 0 Å². The van der Waals surface area contributed by atoms with Gasteiger partial charge in [0, 0.05) is 0 Å². The van der Waals surface area contributed by atoms with Gasteiger partial charge in [-0.25, -0.2) is 13.8 Å². The Morgan fingerprint density at radius 1 is 1.47 bits per heavy atom. The summed E-state index contributed by atoms with van der Waals surface area (Å²) < 4.78 is 64.6. The SMILES string of the molecule is Nc1nc(C(F)F)c(CC(=O)O)cc1OC(F)(F)F. The lowest BCUT2D eigenvalue weighted by Gasteiger charge is -2.14. The van der Waals surface area contributed by atoms with Gasteiger partial charge >= 0.3 is 12.3 Å². The predicted octanol–water partition coefficient (Wildman–Crippen LogP) is 2.13. The van der Waals surface area contributed by atoms with Gasteiger partial charge in [-0.05, 0) is 11.6 Å². The van der Waals surface area contributed by atoms with Gasteiger partial charge in [0.25, 0.3) is 6.43 Å². The molecule has 106 valence electrons. The van der Waals surface area contributed by atoms with Gasteiger partial charge in [0.15, 0.2) is 11.6 Å². The molecule has 0 unspecified atom stereocenters. The highest BCUT2D eigenvalue weighted by atomic mass is 19.4. The van der Waals surface area contributed by atoms with Crippen LogP contribution >= 0.6 is 0 Å². The zero-order valence-electron chi connectivity index (χ0n) is 9.04. The van der Waals surface area contributed by atoms with Crippen molar-refractivity contribution in [2.75, 3.05) is 5.73 Å². The highest BCUT2D eigenvalue weighted by molar-refractivity contribution is 5.71.